The van der Waals surface area contributed by atoms with Crippen molar-refractivity contribution in [1.29, 1.82) is 5.26 Å². The highest BCUT2D eigenvalue weighted by Gasteiger charge is 2.28. The number of carbonyl (C=O) groups is 1. The number of likely N-dealkylation sites (N-methyl/N-ethyl adjacent to an activating group) is 1. The minimum Gasteiger partial charge on any atom is -0.494 e. The highest BCUT2D eigenvalue weighted by Crippen LogP contribution is 2.28. The lowest BCUT2D eigenvalue weighted by atomic mass is 10.1. The van der Waals surface area contributed by atoms with Gasteiger partial charge in [-0.05, 0) is 43.8 Å². The van der Waals surface area contributed by atoms with Crippen LogP contribution >= 0.6 is 0 Å². The van der Waals surface area contributed by atoms with Crippen LogP contribution in [0.15, 0.2) is 42.6 Å². The number of ether oxygens (including phenoxy) is 1. The number of nitriles is 1. The Morgan fingerprint density at radius 2 is 2.06 bits per heavy atom. The maximum atomic E-state index is 14.4. The van der Waals surface area contributed by atoms with Gasteiger partial charge in [-0.25, -0.2) is 13.8 Å². The Balaban J connectivity index is 1.80. The molecule has 0 aliphatic carbocycles. The molecule has 7 nitrogen and oxygen atoms in total. The summed E-state index contributed by atoms with van der Waals surface area (Å²) in [6.07, 6.45) is 2.35. The van der Waals surface area contributed by atoms with Gasteiger partial charge in [0.25, 0.3) is 5.91 Å². The van der Waals surface area contributed by atoms with Gasteiger partial charge in [0.2, 0.25) is 0 Å². The Morgan fingerprint density at radius 3 is 2.69 bits per heavy atom. The third kappa shape index (κ3) is 3.92. The Labute approximate surface area is 183 Å². The Morgan fingerprint density at radius 1 is 1.25 bits per heavy atom. The van der Waals surface area contributed by atoms with Crippen molar-refractivity contribution in [3.63, 3.8) is 0 Å². The highest BCUT2D eigenvalue weighted by molar-refractivity contribution is 5.93. The quantitative estimate of drug-likeness (QED) is 0.663. The summed E-state index contributed by atoms with van der Waals surface area (Å²) in [6, 6.07) is 10.4. The number of benzene rings is 2. The monoisotopic (exact) mass is 437 g/mol. The van der Waals surface area contributed by atoms with Crippen LogP contribution in [0.2, 0.25) is 0 Å². The molecule has 1 aliphatic heterocycles. The summed E-state index contributed by atoms with van der Waals surface area (Å²) in [5.74, 6) is -1.22. The van der Waals surface area contributed by atoms with Crippen molar-refractivity contribution in [2.45, 2.75) is 12.5 Å². The zero-order chi connectivity index (χ0) is 22.8. The van der Waals surface area contributed by atoms with Crippen molar-refractivity contribution in [3.8, 4) is 28.9 Å². The molecule has 1 atom stereocenters. The van der Waals surface area contributed by atoms with E-state index in [2.05, 4.69) is 10.3 Å². The molecule has 164 valence electrons. The average Bonchev–Trinajstić information content (AvgIpc) is 3.46. The maximum absolute atomic E-state index is 14.4. The molecule has 2 heterocycles. The first kappa shape index (κ1) is 21.5. The molecule has 3 aromatic rings. The number of likely N-dealkylation sites (tertiary alicyclic amines) is 1. The molecule has 1 N–H and O–H groups in total. The lowest BCUT2D eigenvalue weighted by Gasteiger charge is -2.14. The minimum atomic E-state index is -0.704. The third-order valence-corrected chi connectivity index (χ3v) is 5.57. The second-order valence-corrected chi connectivity index (χ2v) is 7.47. The molecule has 1 aliphatic rings. The van der Waals surface area contributed by atoms with Gasteiger partial charge >= 0.3 is 0 Å². The summed E-state index contributed by atoms with van der Waals surface area (Å²) < 4.78 is 35.2. The standard InChI is InChI=1S/C23H21F2N5O2/c1-27-16-7-8-29(12-16)23(31)20-13-30(17-5-6-21(32-2)19(25)10-17)22(28-20)14-3-4-15(11-26)18(24)9-14/h3-6,9-10,13,16,27H,7-8,12H2,1-2H3/t16-/m0/s1. The Hall–Kier alpha value is -3.77. The van der Waals surface area contributed by atoms with E-state index in [-0.39, 0.29) is 34.8 Å². The minimum absolute atomic E-state index is 0.0753. The van der Waals surface area contributed by atoms with Crippen molar-refractivity contribution in [3.05, 3.63) is 65.5 Å². The van der Waals surface area contributed by atoms with Gasteiger partial charge in [-0.2, -0.15) is 5.26 Å². The van der Waals surface area contributed by atoms with Crippen LogP contribution in [-0.2, 0) is 0 Å². The fourth-order valence-corrected chi connectivity index (χ4v) is 3.78. The smallest absolute Gasteiger partial charge is 0.274 e. The van der Waals surface area contributed by atoms with E-state index < -0.39 is 11.6 Å². The largest absolute Gasteiger partial charge is 0.494 e. The molecule has 0 spiro atoms. The molecule has 0 unspecified atom stereocenters. The molecular weight excluding hydrogens is 416 g/mol. The molecule has 32 heavy (non-hydrogen) atoms. The van der Waals surface area contributed by atoms with Gasteiger partial charge in [0.15, 0.2) is 11.6 Å². The number of rotatable bonds is 5. The summed E-state index contributed by atoms with van der Waals surface area (Å²) in [5, 5.41) is 12.2. The zero-order valence-corrected chi connectivity index (χ0v) is 17.6. The number of methoxy groups -OCH3 is 1. The summed E-state index contributed by atoms with van der Waals surface area (Å²) in [4.78, 5) is 19.3. The van der Waals surface area contributed by atoms with Gasteiger partial charge in [-0.15, -0.1) is 0 Å². The predicted molar refractivity (Wildman–Crippen MR) is 114 cm³/mol. The molecule has 0 radical (unpaired) electrons. The Kier molecular flexibility index (Phi) is 5.88. The SMILES string of the molecule is CN[C@H]1CCN(C(=O)c2cn(-c3ccc(OC)c(F)c3)c(-c3ccc(C#N)c(F)c3)n2)C1. The lowest BCUT2D eigenvalue weighted by molar-refractivity contribution is 0.0784. The fraction of sp³-hybridized carbons (Fsp3) is 0.261. The number of hydrogen-bond acceptors (Lipinski definition) is 5. The van der Waals surface area contributed by atoms with Crippen molar-refractivity contribution in [1.82, 2.24) is 19.8 Å². The summed E-state index contributed by atoms with van der Waals surface area (Å²) in [6.45, 7) is 1.15. The van der Waals surface area contributed by atoms with Crippen LogP contribution in [0.1, 0.15) is 22.5 Å². The highest BCUT2D eigenvalue weighted by atomic mass is 19.1. The van der Waals surface area contributed by atoms with Crippen molar-refractivity contribution >= 4 is 5.91 Å². The molecule has 9 heteroatoms. The number of carbonyl (C=O) groups excluding carboxylic acids is 1. The molecular formula is C23H21F2N5O2. The van der Waals surface area contributed by atoms with Crippen LogP contribution in [0.4, 0.5) is 8.78 Å². The first-order valence-corrected chi connectivity index (χ1v) is 10.0. The van der Waals surface area contributed by atoms with Crippen LogP contribution in [0, 0.1) is 23.0 Å². The van der Waals surface area contributed by atoms with Gasteiger partial charge in [-0.1, -0.05) is 0 Å². The van der Waals surface area contributed by atoms with Crippen LogP contribution in [0.25, 0.3) is 17.1 Å². The van der Waals surface area contributed by atoms with E-state index in [9.17, 15) is 13.6 Å². The van der Waals surface area contributed by atoms with Crippen molar-refractivity contribution in [2.24, 2.45) is 0 Å². The number of imidazole rings is 1. The predicted octanol–water partition coefficient (Wildman–Crippen LogP) is 3.13. The van der Waals surface area contributed by atoms with E-state index in [1.165, 1.54) is 42.1 Å². The number of nitrogens with zero attached hydrogens (tertiary/aromatic N) is 4. The zero-order valence-electron chi connectivity index (χ0n) is 17.6. The normalized spacial score (nSPS) is 15.6. The molecule has 1 fully saturated rings. The number of halogens is 2. The number of hydrogen-bond donors (Lipinski definition) is 1. The van der Waals surface area contributed by atoms with E-state index in [0.717, 1.165) is 6.42 Å². The van der Waals surface area contributed by atoms with Gasteiger partial charge in [-0.3, -0.25) is 9.36 Å². The fourth-order valence-electron chi connectivity index (χ4n) is 3.78. The van der Waals surface area contributed by atoms with Crippen molar-refractivity contribution < 1.29 is 18.3 Å². The first-order chi connectivity index (χ1) is 15.4. The average molecular weight is 437 g/mol. The van der Waals surface area contributed by atoms with E-state index >= 15 is 0 Å². The summed E-state index contributed by atoms with van der Waals surface area (Å²) in [7, 11) is 3.22. The van der Waals surface area contributed by atoms with Gasteiger partial charge in [0.1, 0.15) is 23.4 Å². The Bertz CT molecular complexity index is 1220. The number of aromatic nitrogens is 2. The van der Waals surface area contributed by atoms with E-state index in [4.69, 9.17) is 10.00 Å². The van der Waals surface area contributed by atoms with E-state index in [1.807, 2.05) is 7.05 Å². The van der Waals surface area contributed by atoms with Crippen molar-refractivity contribution in [2.75, 3.05) is 27.2 Å². The topological polar surface area (TPSA) is 83.2 Å². The van der Waals surface area contributed by atoms with Gasteiger partial charge in [0.05, 0.1) is 18.4 Å². The van der Waals surface area contributed by atoms with Crippen LogP contribution < -0.4 is 10.1 Å². The molecule has 1 saturated heterocycles. The summed E-state index contributed by atoms with van der Waals surface area (Å²) in [5.41, 5.74) is 0.807. The first-order valence-electron chi connectivity index (χ1n) is 10.0. The number of nitrogens with one attached hydrogen (secondary N) is 1. The molecule has 1 amide bonds. The second kappa shape index (κ2) is 8.77. The lowest BCUT2D eigenvalue weighted by Crippen LogP contribution is -2.33. The van der Waals surface area contributed by atoms with E-state index in [0.29, 0.717) is 24.3 Å². The number of amides is 1. The van der Waals surface area contributed by atoms with Gasteiger partial charge in [0, 0.05) is 37.0 Å². The molecule has 4 rings (SSSR count). The molecule has 0 saturated carbocycles. The maximum Gasteiger partial charge on any atom is 0.274 e. The second-order valence-electron chi connectivity index (χ2n) is 7.47. The van der Waals surface area contributed by atoms with Crippen LogP contribution in [-0.4, -0.2) is 53.6 Å². The summed E-state index contributed by atoms with van der Waals surface area (Å²) >= 11 is 0. The van der Waals surface area contributed by atoms with Gasteiger partial charge < -0.3 is 15.0 Å². The molecule has 2 aromatic carbocycles. The third-order valence-electron chi connectivity index (χ3n) is 5.57. The van der Waals surface area contributed by atoms with Crippen LogP contribution in [0.3, 0.4) is 0 Å². The van der Waals surface area contributed by atoms with E-state index in [1.54, 1.807) is 23.1 Å². The molecule has 1 aromatic heterocycles. The van der Waals surface area contributed by atoms with Crippen LogP contribution in [0.5, 0.6) is 5.75 Å². The molecule has 0 bridgehead atoms.